The van der Waals surface area contributed by atoms with Gasteiger partial charge in [-0.2, -0.15) is 0 Å². The number of amides is 2. The Morgan fingerprint density at radius 2 is 1.68 bits per heavy atom. The van der Waals surface area contributed by atoms with E-state index in [2.05, 4.69) is 43.1 Å². The summed E-state index contributed by atoms with van der Waals surface area (Å²) in [7, 11) is 0. The molecule has 6 heteroatoms. The highest BCUT2D eigenvalue weighted by atomic mass is 32.2. The molecule has 0 fully saturated rings. The van der Waals surface area contributed by atoms with Crippen LogP contribution in [0.15, 0.2) is 82.6 Å². The number of carbonyl (C=O) groups excluding carboxylic acids is 2. The smallest absolute Gasteiger partial charge is 0.265 e. The van der Waals surface area contributed by atoms with Crippen LogP contribution in [0, 0.1) is 6.92 Å². The highest BCUT2D eigenvalue weighted by molar-refractivity contribution is 8.04. The maximum absolute atomic E-state index is 13.8. The van der Waals surface area contributed by atoms with Crippen molar-refractivity contribution in [2.24, 2.45) is 0 Å². The molecule has 0 saturated carbocycles. The summed E-state index contributed by atoms with van der Waals surface area (Å²) in [5, 5.41) is 3.11. The Bertz CT molecular complexity index is 1310. The Balaban J connectivity index is 1.55. The molecule has 0 aromatic heterocycles. The lowest BCUT2D eigenvalue weighted by Crippen LogP contribution is -2.36. The van der Waals surface area contributed by atoms with Crippen LogP contribution < -0.4 is 10.2 Å². The molecule has 0 unspecified atom stereocenters. The molecule has 2 amide bonds. The summed E-state index contributed by atoms with van der Waals surface area (Å²) >= 11 is 1.47. The molecule has 3 aromatic rings. The van der Waals surface area contributed by atoms with E-state index in [1.54, 1.807) is 0 Å². The van der Waals surface area contributed by atoms with Crippen LogP contribution in [-0.2, 0) is 11.3 Å². The summed E-state index contributed by atoms with van der Waals surface area (Å²) in [6.07, 6.45) is 6.63. The normalized spacial score (nSPS) is 14.1. The van der Waals surface area contributed by atoms with Gasteiger partial charge in [0, 0.05) is 23.5 Å². The van der Waals surface area contributed by atoms with Crippen molar-refractivity contribution >= 4 is 35.3 Å². The fraction of sp³-hybridized carbons (Fsp3) is 0.353. The van der Waals surface area contributed by atoms with Crippen LogP contribution in [0.4, 0.5) is 5.69 Å². The van der Waals surface area contributed by atoms with E-state index in [9.17, 15) is 9.59 Å². The average Bonchev–Trinajstić information content (AvgIpc) is 2.96. The fourth-order valence-electron chi connectivity index (χ4n) is 4.83. The SMILES string of the molecule is CCCCN(CCCC)CCNC(=O)c1ccc2c(c1)N(Cc1cccc(C)c1)C(=O)C(=Cc1ccccc1)S2. The van der Waals surface area contributed by atoms with Crippen molar-refractivity contribution in [2.45, 2.75) is 57.9 Å². The zero-order chi connectivity index (χ0) is 28.3. The Morgan fingerprint density at radius 3 is 2.38 bits per heavy atom. The molecule has 1 N–H and O–H groups in total. The minimum Gasteiger partial charge on any atom is -0.351 e. The standard InChI is InChI=1S/C34H41N3O2S/c1-4-6-19-36(20-7-5-2)21-18-35-33(38)29-16-17-31-30(24-29)37(25-28-15-11-12-26(3)22-28)34(39)32(40-31)23-27-13-9-8-10-14-27/h8-17,22-24H,4-7,18-21,25H2,1-3H3,(H,35,38). The number of fused-ring (bicyclic) bond motifs is 1. The van der Waals surface area contributed by atoms with Gasteiger partial charge in [0.25, 0.3) is 11.8 Å². The third-order valence-corrected chi connectivity index (χ3v) is 8.16. The van der Waals surface area contributed by atoms with Crippen LogP contribution in [0.3, 0.4) is 0 Å². The van der Waals surface area contributed by atoms with Crippen molar-refractivity contribution in [1.82, 2.24) is 10.2 Å². The second kappa shape index (κ2) is 14.9. The van der Waals surface area contributed by atoms with Crippen LogP contribution >= 0.6 is 11.8 Å². The van der Waals surface area contributed by atoms with Gasteiger partial charge in [-0.15, -0.1) is 0 Å². The molecule has 0 saturated heterocycles. The van der Waals surface area contributed by atoms with Crippen LogP contribution in [0.2, 0.25) is 0 Å². The predicted octanol–water partition coefficient (Wildman–Crippen LogP) is 7.31. The van der Waals surface area contributed by atoms with Crippen LogP contribution in [0.1, 0.15) is 66.6 Å². The van der Waals surface area contributed by atoms with Crippen molar-refractivity contribution in [1.29, 1.82) is 0 Å². The van der Waals surface area contributed by atoms with Gasteiger partial charge in [-0.25, -0.2) is 0 Å². The second-order valence-electron chi connectivity index (χ2n) is 10.4. The first-order valence-electron chi connectivity index (χ1n) is 14.4. The first-order chi connectivity index (χ1) is 19.5. The largest absolute Gasteiger partial charge is 0.351 e. The van der Waals surface area contributed by atoms with Crippen LogP contribution in [0.25, 0.3) is 6.08 Å². The third-order valence-electron chi connectivity index (χ3n) is 7.08. The summed E-state index contributed by atoms with van der Waals surface area (Å²) in [5.41, 5.74) is 4.55. The number of nitrogens with zero attached hydrogens (tertiary/aromatic N) is 2. The second-order valence-corrected chi connectivity index (χ2v) is 11.5. The molecule has 0 aliphatic carbocycles. The lowest BCUT2D eigenvalue weighted by Gasteiger charge is -2.31. The maximum Gasteiger partial charge on any atom is 0.265 e. The van der Waals surface area contributed by atoms with Gasteiger partial charge in [0.15, 0.2) is 0 Å². The number of thioether (sulfide) groups is 1. The molecule has 1 heterocycles. The van der Waals surface area contributed by atoms with Gasteiger partial charge in [-0.3, -0.25) is 9.59 Å². The van der Waals surface area contributed by atoms with Crippen molar-refractivity contribution in [3.63, 3.8) is 0 Å². The van der Waals surface area contributed by atoms with Gasteiger partial charge in [0.1, 0.15) is 0 Å². The first kappa shape index (κ1) is 29.6. The Morgan fingerprint density at radius 1 is 0.925 bits per heavy atom. The van der Waals surface area contributed by atoms with Gasteiger partial charge in [-0.05, 0) is 68.3 Å². The number of aryl methyl sites for hydroxylation is 1. The number of benzene rings is 3. The average molecular weight is 556 g/mol. The van der Waals surface area contributed by atoms with E-state index in [-0.39, 0.29) is 11.8 Å². The van der Waals surface area contributed by atoms with Crippen LogP contribution in [0.5, 0.6) is 0 Å². The van der Waals surface area contributed by atoms with Gasteiger partial charge < -0.3 is 15.1 Å². The molecule has 40 heavy (non-hydrogen) atoms. The number of unbranched alkanes of at least 4 members (excludes halogenated alkanes) is 2. The molecule has 3 aromatic carbocycles. The number of hydrogen-bond donors (Lipinski definition) is 1. The van der Waals surface area contributed by atoms with Crippen molar-refractivity contribution in [3.8, 4) is 0 Å². The summed E-state index contributed by atoms with van der Waals surface area (Å²) in [6, 6.07) is 23.8. The molecule has 210 valence electrons. The molecule has 0 radical (unpaired) electrons. The van der Waals surface area contributed by atoms with E-state index in [0.29, 0.717) is 23.6 Å². The molecule has 4 rings (SSSR count). The number of carbonyl (C=O) groups is 2. The molecule has 5 nitrogen and oxygen atoms in total. The predicted molar refractivity (Wildman–Crippen MR) is 168 cm³/mol. The zero-order valence-electron chi connectivity index (χ0n) is 24.0. The Kier molecular flexibility index (Phi) is 11.0. The molecule has 0 spiro atoms. The van der Waals surface area contributed by atoms with E-state index in [0.717, 1.165) is 46.9 Å². The van der Waals surface area contributed by atoms with Crippen LogP contribution in [-0.4, -0.2) is 42.9 Å². The lowest BCUT2D eigenvalue weighted by atomic mass is 10.1. The van der Waals surface area contributed by atoms with E-state index >= 15 is 0 Å². The summed E-state index contributed by atoms with van der Waals surface area (Å²) < 4.78 is 0. The van der Waals surface area contributed by atoms with Crippen molar-refractivity contribution in [3.05, 3.63) is 100.0 Å². The Labute approximate surface area is 243 Å². The summed E-state index contributed by atoms with van der Waals surface area (Å²) in [5.74, 6) is -0.157. The molecule has 0 atom stereocenters. The first-order valence-corrected chi connectivity index (χ1v) is 15.3. The number of rotatable bonds is 13. The van der Waals surface area contributed by atoms with Gasteiger partial charge in [0.05, 0.1) is 17.1 Å². The molecule has 1 aliphatic rings. The highest BCUT2D eigenvalue weighted by Gasteiger charge is 2.30. The quantitative estimate of drug-likeness (QED) is 0.225. The monoisotopic (exact) mass is 555 g/mol. The van der Waals surface area contributed by atoms with E-state index in [1.807, 2.05) is 71.6 Å². The summed E-state index contributed by atoms with van der Waals surface area (Å²) in [6.45, 7) is 10.5. The lowest BCUT2D eigenvalue weighted by molar-refractivity contribution is -0.114. The van der Waals surface area contributed by atoms with Crippen molar-refractivity contribution in [2.75, 3.05) is 31.1 Å². The Hall–Kier alpha value is -3.35. The minimum absolute atomic E-state index is 0.0529. The van der Waals surface area contributed by atoms with E-state index in [1.165, 1.54) is 37.4 Å². The maximum atomic E-state index is 13.8. The topological polar surface area (TPSA) is 52.7 Å². The molecule has 1 aliphatic heterocycles. The van der Waals surface area contributed by atoms with Gasteiger partial charge in [-0.1, -0.05) is 98.6 Å². The highest BCUT2D eigenvalue weighted by Crippen LogP contribution is 2.43. The molecular formula is C34H41N3O2S. The zero-order valence-corrected chi connectivity index (χ0v) is 24.8. The van der Waals surface area contributed by atoms with Crippen molar-refractivity contribution < 1.29 is 9.59 Å². The number of anilines is 1. The van der Waals surface area contributed by atoms with E-state index < -0.39 is 0 Å². The van der Waals surface area contributed by atoms with Gasteiger partial charge >= 0.3 is 0 Å². The minimum atomic E-state index is -0.104. The van der Waals surface area contributed by atoms with Gasteiger partial charge in [0.2, 0.25) is 0 Å². The number of nitrogens with one attached hydrogen (secondary N) is 1. The third kappa shape index (κ3) is 8.09. The van der Waals surface area contributed by atoms with E-state index in [4.69, 9.17) is 0 Å². The molecular weight excluding hydrogens is 514 g/mol. The summed E-state index contributed by atoms with van der Waals surface area (Å²) in [4.78, 5) is 32.9. The molecule has 0 bridgehead atoms. The fourth-order valence-corrected chi connectivity index (χ4v) is 5.87. The number of hydrogen-bond acceptors (Lipinski definition) is 4.